The summed E-state index contributed by atoms with van der Waals surface area (Å²) in [6.07, 6.45) is 0. The average Bonchev–Trinajstić information content (AvgIpc) is 2.37. The van der Waals surface area contributed by atoms with Crippen LogP contribution in [0.3, 0.4) is 0 Å². The van der Waals surface area contributed by atoms with Crippen LogP contribution < -0.4 is 4.74 Å². The third kappa shape index (κ3) is 2.99. The van der Waals surface area contributed by atoms with Gasteiger partial charge in [0.2, 0.25) is 0 Å². The molecular formula is C16H15BrClFO. The van der Waals surface area contributed by atoms with Gasteiger partial charge < -0.3 is 4.74 Å². The van der Waals surface area contributed by atoms with Gasteiger partial charge in [-0.05, 0) is 48.2 Å². The lowest BCUT2D eigenvalue weighted by molar-refractivity contribution is 0.408. The molecule has 0 N–H and O–H groups in total. The summed E-state index contributed by atoms with van der Waals surface area (Å²) >= 11 is 9.75. The van der Waals surface area contributed by atoms with Gasteiger partial charge in [0.25, 0.3) is 0 Å². The van der Waals surface area contributed by atoms with Crippen molar-refractivity contribution in [1.29, 1.82) is 0 Å². The molecule has 0 heterocycles. The maximum Gasteiger partial charge on any atom is 0.124 e. The van der Waals surface area contributed by atoms with Crippen molar-refractivity contribution in [3.63, 3.8) is 0 Å². The molecule has 0 aliphatic carbocycles. The highest BCUT2D eigenvalue weighted by molar-refractivity contribution is 9.09. The standard InChI is InChI=1S/C16H15BrClFO/c1-9-6-11(7-10(2)16(9)20-3)15(17)13-5-4-12(19)8-14(13)18/h4-8,15H,1-3H3. The van der Waals surface area contributed by atoms with Crippen LogP contribution in [0.4, 0.5) is 4.39 Å². The van der Waals surface area contributed by atoms with Gasteiger partial charge in [0, 0.05) is 5.02 Å². The smallest absolute Gasteiger partial charge is 0.124 e. The molecule has 0 saturated heterocycles. The van der Waals surface area contributed by atoms with Crippen molar-refractivity contribution < 1.29 is 9.13 Å². The van der Waals surface area contributed by atoms with Crippen molar-refractivity contribution in [1.82, 2.24) is 0 Å². The van der Waals surface area contributed by atoms with Crippen LogP contribution in [-0.4, -0.2) is 7.11 Å². The van der Waals surface area contributed by atoms with Gasteiger partial charge in [0.15, 0.2) is 0 Å². The Balaban J connectivity index is 2.45. The molecule has 106 valence electrons. The molecular weight excluding hydrogens is 343 g/mol. The van der Waals surface area contributed by atoms with E-state index in [2.05, 4.69) is 15.9 Å². The molecule has 1 nitrogen and oxygen atoms in total. The predicted molar refractivity (Wildman–Crippen MR) is 84.6 cm³/mol. The molecule has 0 amide bonds. The number of methoxy groups -OCH3 is 1. The van der Waals surface area contributed by atoms with Gasteiger partial charge >= 0.3 is 0 Å². The molecule has 4 heteroatoms. The van der Waals surface area contributed by atoms with Gasteiger partial charge in [-0.15, -0.1) is 0 Å². The van der Waals surface area contributed by atoms with Crippen LogP contribution in [0.5, 0.6) is 5.75 Å². The van der Waals surface area contributed by atoms with E-state index in [1.165, 1.54) is 12.1 Å². The SMILES string of the molecule is COc1c(C)cc(C(Br)c2ccc(F)cc2Cl)cc1C. The van der Waals surface area contributed by atoms with E-state index in [4.69, 9.17) is 16.3 Å². The number of rotatable bonds is 3. The average molecular weight is 358 g/mol. The molecule has 1 atom stereocenters. The molecule has 0 aromatic heterocycles. The lowest BCUT2D eigenvalue weighted by Gasteiger charge is -2.16. The van der Waals surface area contributed by atoms with Crippen LogP contribution in [0.15, 0.2) is 30.3 Å². The number of hydrogen-bond donors (Lipinski definition) is 0. The fourth-order valence-electron chi connectivity index (χ4n) is 2.34. The Bertz CT molecular complexity index is 619. The van der Waals surface area contributed by atoms with E-state index < -0.39 is 0 Å². The van der Waals surface area contributed by atoms with Gasteiger partial charge in [-0.1, -0.05) is 45.7 Å². The molecule has 0 saturated carbocycles. The first-order chi connectivity index (χ1) is 9.43. The summed E-state index contributed by atoms with van der Waals surface area (Å²) < 4.78 is 18.5. The number of alkyl halides is 1. The normalized spacial score (nSPS) is 12.3. The molecule has 0 aliphatic rings. The maximum atomic E-state index is 13.1. The fourth-order valence-corrected chi connectivity index (χ4v) is 3.41. The second-order valence-corrected chi connectivity index (χ2v) is 6.04. The molecule has 2 rings (SSSR count). The Morgan fingerprint density at radius 1 is 1.15 bits per heavy atom. The zero-order chi connectivity index (χ0) is 14.9. The van der Waals surface area contributed by atoms with Crippen LogP contribution >= 0.6 is 27.5 Å². The van der Waals surface area contributed by atoms with Crippen molar-refractivity contribution in [3.8, 4) is 5.75 Å². The minimum Gasteiger partial charge on any atom is -0.496 e. The first kappa shape index (κ1) is 15.3. The highest BCUT2D eigenvalue weighted by Gasteiger charge is 2.16. The lowest BCUT2D eigenvalue weighted by atomic mass is 9.99. The highest BCUT2D eigenvalue weighted by Crippen LogP contribution is 2.38. The highest BCUT2D eigenvalue weighted by atomic mass is 79.9. The van der Waals surface area contributed by atoms with Gasteiger partial charge in [0.05, 0.1) is 11.9 Å². The fraction of sp³-hybridized carbons (Fsp3) is 0.250. The zero-order valence-electron chi connectivity index (χ0n) is 11.5. The molecule has 0 aliphatic heterocycles. The summed E-state index contributed by atoms with van der Waals surface area (Å²) in [7, 11) is 1.66. The third-order valence-electron chi connectivity index (χ3n) is 3.21. The molecule has 1 unspecified atom stereocenters. The predicted octanol–water partition coefficient (Wildman–Crippen LogP) is 5.59. The van der Waals surface area contributed by atoms with Crippen molar-refractivity contribution in [2.45, 2.75) is 18.7 Å². The number of hydrogen-bond acceptors (Lipinski definition) is 1. The van der Waals surface area contributed by atoms with E-state index in [0.29, 0.717) is 5.02 Å². The Labute approximate surface area is 131 Å². The Hall–Kier alpha value is -1.06. The van der Waals surface area contributed by atoms with Gasteiger partial charge in [-0.25, -0.2) is 4.39 Å². The van der Waals surface area contributed by atoms with E-state index in [-0.39, 0.29) is 10.6 Å². The van der Waals surface area contributed by atoms with E-state index >= 15 is 0 Å². The Morgan fingerprint density at radius 2 is 1.75 bits per heavy atom. The molecule has 0 spiro atoms. The molecule has 20 heavy (non-hydrogen) atoms. The van der Waals surface area contributed by atoms with Crippen LogP contribution in [0.1, 0.15) is 27.1 Å². The number of benzene rings is 2. The van der Waals surface area contributed by atoms with E-state index in [1.807, 2.05) is 26.0 Å². The number of aryl methyl sites for hydroxylation is 2. The largest absolute Gasteiger partial charge is 0.496 e. The van der Waals surface area contributed by atoms with Crippen LogP contribution in [0.2, 0.25) is 5.02 Å². The second kappa shape index (κ2) is 6.15. The van der Waals surface area contributed by atoms with E-state index in [1.54, 1.807) is 13.2 Å². The summed E-state index contributed by atoms with van der Waals surface area (Å²) in [6.45, 7) is 4.00. The topological polar surface area (TPSA) is 9.23 Å². The summed E-state index contributed by atoms with van der Waals surface area (Å²) in [5, 5.41) is 0.415. The second-order valence-electron chi connectivity index (χ2n) is 4.72. The van der Waals surface area contributed by atoms with Crippen molar-refractivity contribution in [3.05, 3.63) is 63.4 Å². The third-order valence-corrected chi connectivity index (χ3v) is 4.56. The van der Waals surface area contributed by atoms with Crippen LogP contribution in [0, 0.1) is 19.7 Å². The summed E-state index contributed by atoms with van der Waals surface area (Å²) in [4.78, 5) is -0.0843. The minimum atomic E-state index is -0.333. The Morgan fingerprint density at radius 3 is 2.25 bits per heavy atom. The van der Waals surface area contributed by atoms with Crippen molar-refractivity contribution >= 4 is 27.5 Å². The lowest BCUT2D eigenvalue weighted by Crippen LogP contribution is -1.98. The summed E-state index contributed by atoms with van der Waals surface area (Å²) in [5.74, 6) is 0.555. The Kier molecular flexibility index (Phi) is 4.71. The molecule has 2 aromatic rings. The maximum absolute atomic E-state index is 13.1. The molecule has 0 radical (unpaired) electrons. The summed E-state index contributed by atoms with van der Waals surface area (Å²) in [6, 6.07) is 8.54. The van der Waals surface area contributed by atoms with E-state index in [0.717, 1.165) is 28.0 Å². The number of halogens is 3. The summed E-state index contributed by atoms with van der Waals surface area (Å²) in [5.41, 5.74) is 4.03. The van der Waals surface area contributed by atoms with Crippen molar-refractivity contribution in [2.24, 2.45) is 0 Å². The monoisotopic (exact) mass is 356 g/mol. The van der Waals surface area contributed by atoms with Crippen LogP contribution in [0.25, 0.3) is 0 Å². The van der Waals surface area contributed by atoms with Crippen molar-refractivity contribution in [2.75, 3.05) is 7.11 Å². The molecule has 0 fully saturated rings. The minimum absolute atomic E-state index is 0.0843. The zero-order valence-corrected chi connectivity index (χ0v) is 13.8. The van der Waals surface area contributed by atoms with Crippen LogP contribution in [-0.2, 0) is 0 Å². The number of ether oxygens (including phenoxy) is 1. The van der Waals surface area contributed by atoms with Gasteiger partial charge in [-0.2, -0.15) is 0 Å². The molecule has 2 aromatic carbocycles. The first-order valence-corrected chi connectivity index (χ1v) is 7.47. The first-order valence-electron chi connectivity index (χ1n) is 6.18. The van der Waals surface area contributed by atoms with Gasteiger partial charge in [0.1, 0.15) is 11.6 Å². The quantitative estimate of drug-likeness (QED) is 0.651. The van der Waals surface area contributed by atoms with Gasteiger partial charge in [-0.3, -0.25) is 0 Å². The van der Waals surface area contributed by atoms with E-state index in [9.17, 15) is 4.39 Å². The molecule has 0 bridgehead atoms.